The second-order valence-corrected chi connectivity index (χ2v) is 7.62. The van der Waals surface area contributed by atoms with Crippen molar-refractivity contribution in [1.82, 2.24) is 20.2 Å². The Morgan fingerprint density at radius 2 is 2.35 bits per heavy atom. The van der Waals surface area contributed by atoms with Gasteiger partial charge < -0.3 is 0 Å². The third kappa shape index (κ3) is 3.36. The average Bonchev–Trinajstić information content (AvgIpc) is 2.84. The molecule has 1 aliphatic rings. The molecule has 0 saturated carbocycles. The summed E-state index contributed by atoms with van der Waals surface area (Å²) in [5.41, 5.74) is 2.67. The molecule has 0 radical (unpaired) electrons. The molecule has 3 N–H and O–H groups in total. The van der Waals surface area contributed by atoms with Crippen LogP contribution in [0.5, 0.6) is 0 Å². The molecule has 20 heavy (non-hydrogen) atoms. The van der Waals surface area contributed by atoms with Gasteiger partial charge in [-0.25, -0.2) is 13.4 Å². The lowest BCUT2D eigenvalue weighted by Gasteiger charge is -2.29. The standard InChI is InChI=1S/C12H23N5O2S/c1-2-6-17-12(14-9-15-17)8-10(16-13)11-5-3-4-7-20(11,18)19/h9-11,16H,2-8,13H2,1H3. The van der Waals surface area contributed by atoms with Crippen molar-refractivity contribution in [3.8, 4) is 0 Å². The lowest BCUT2D eigenvalue weighted by Crippen LogP contribution is -2.50. The number of hydrogen-bond acceptors (Lipinski definition) is 6. The van der Waals surface area contributed by atoms with E-state index in [-0.39, 0.29) is 11.8 Å². The lowest BCUT2D eigenvalue weighted by atomic mass is 10.0. The van der Waals surface area contributed by atoms with Gasteiger partial charge in [0.15, 0.2) is 9.84 Å². The second kappa shape index (κ2) is 6.64. The molecule has 0 amide bonds. The van der Waals surface area contributed by atoms with Crippen LogP contribution in [0, 0.1) is 0 Å². The van der Waals surface area contributed by atoms with E-state index >= 15 is 0 Å². The monoisotopic (exact) mass is 301 g/mol. The Labute approximate surface area is 119 Å². The van der Waals surface area contributed by atoms with Crippen molar-refractivity contribution in [3.05, 3.63) is 12.2 Å². The number of sulfone groups is 1. The summed E-state index contributed by atoms with van der Waals surface area (Å²) in [6.45, 7) is 2.85. The van der Waals surface area contributed by atoms with E-state index < -0.39 is 15.1 Å². The molecule has 2 unspecified atom stereocenters. The van der Waals surface area contributed by atoms with Gasteiger partial charge in [0.05, 0.1) is 11.0 Å². The van der Waals surface area contributed by atoms with E-state index in [0.717, 1.165) is 31.6 Å². The highest BCUT2D eigenvalue weighted by atomic mass is 32.2. The minimum absolute atomic E-state index is 0.261. The molecule has 0 aliphatic carbocycles. The number of hydrogen-bond donors (Lipinski definition) is 2. The molecule has 1 saturated heterocycles. The van der Waals surface area contributed by atoms with Gasteiger partial charge in [0.25, 0.3) is 0 Å². The quantitative estimate of drug-likeness (QED) is 0.567. The molecular formula is C12H23N5O2S. The zero-order chi connectivity index (χ0) is 14.6. The van der Waals surface area contributed by atoms with E-state index in [2.05, 4.69) is 22.4 Å². The largest absolute Gasteiger partial charge is 0.271 e. The van der Waals surface area contributed by atoms with Crippen LogP contribution in [0.2, 0.25) is 0 Å². The SMILES string of the molecule is CCCn1ncnc1CC(NN)C1CCCCS1(=O)=O. The van der Waals surface area contributed by atoms with Gasteiger partial charge in [-0.05, 0) is 19.3 Å². The molecule has 0 spiro atoms. The van der Waals surface area contributed by atoms with Crippen LogP contribution in [0.4, 0.5) is 0 Å². The number of nitrogens with zero attached hydrogens (tertiary/aromatic N) is 3. The van der Waals surface area contributed by atoms with Crippen LogP contribution < -0.4 is 11.3 Å². The maximum atomic E-state index is 12.2. The van der Waals surface area contributed by atoms with E-state index in [4.69, 9.17) is 5.84 Å². The fourth-order valence-corrected chi connectivity index (χ4v) is 4.88. The molecule has 0 aromatic carbocycles. The third-order valence-corrected chi connectivity index (χ3v) is 6.17. The molecule has 0 bridgehead atoms. The fourth-order valence-electron chi connectivity index (χ4n) is 2.77. The van der Waals surface area contributed by atoms with Gasteiger partial charge in [-0.15, -0.1) is 0 Å². The Hall–Kier alpha value is -0.990. The number of nitrogens with two attached hydrogens (primary N) is 1. The van der Waals surface area contributed by atoms with Crippen LogP contribution >= 0.6 is 0 Å². The third-order valence-electron chi connectivity index (χ3n) is 3.83. The minimum atomic E-state index is -3.06. The van der Waals surface area contributed by atoms with Crippen molar-refractivity contribution in [3.63, 3.8) is 0 Å². The van der Waals surface area contributed by atoms with Crippen LogP contribution in [0.3, 0.4) is 0 Å². The molecule has 1 fully saturated rings. The smallest absolute Gasteiger partial charge is 0.154 e. The molecule has 114 valence electrons. The average molecular weight is 301 g/mol. The topological polar surface area (TPSA) is 103 Å². The first-order valence-corrected chi connectivity index (χ1v) is 8.84. The number of aryl methyl sites for hydroxylation is 1. The van der Waals surface area contributed by atoms with Crippen molar-refractivity contribution in [1.29, 1.82) is 0 Å². The van der Waals surface area contributed by atoms with E-state index in [9.17, 15) is 8.42 Å². The highest BCUT2D eigenvalue weighted by Crippen LogP contribution is 2.23. The molecule has 8 heteroatoms. The summed E-state index contributed by atoms with van der Waals surface area (Å²) in [7, 11) is -3.06. The fraction of sp³-hybridized carbons (Fsp3) is 0.833. The van der Waals surface area contributed by atoms with Crippen molar-refractivity contribution in [2.45, 2.75) is 56.9 Å². The minimum Gasteiger partial charge on any atom is -0.271 e. The summed E-state index contributed by atoms with van der Waals surface area (Å²) in [4.78, 5) is 4.23. The summed E-state index contributed by atoms with van der Waals surface area (Å²) >= 11 is 0. The molecule has 2 rings (SSSR count). The van der Waals surface area contributed by atoms with Crippen molar-refractivity contribution in [2.24, 2.45) is 5.84 Å². The van der Waals surface area contributed by atoms with Gasteiger partial charge in [-0.2, -0.15) is 5.10 Å². The van der Waals surface area contributed by atoms with Gasteiger partial charge in [-0.1, -0.05) is 13.3 Å². The van der Waals surface area contributed by atoms with Crippen molar-refractivity contribution >= 4 is 9.84 Å². The zero-order valence-corrected chi connectivity index (χ0v) is 12.6. The van der Waals surface area contributed by atoms with E-state index in [1.165, 1.54) is 6.33 Å². The van der Waals surface area contributed by atoms with Gasteiger partial charge >= 0.3 is 0 Å². The molecule has 2 atom stereocenters. The molecule has 2 heterocycles. The zero-order valence-electron chi connectivity index (χ0n) is 11.8. The number of rotatable bonds is 6. The molecule has 1 aromatic heterocycles. The van der Waals surface area contributed by atoms with Crippen molar-refractivity contribution < 1.29 is 8.42 Å². The molecule has 1 aliphatic heterocycles. The Balaban J connectivity index is 2.14. The summed E-state index contributed by atoms with van der Waals surface area (Å²) in [5, 5.41) is 3.74. The van der Waals surface area contributed by atoms with E-state index in [1.54, 1.807) is 0 Å². The molecular weight excluding hydrogens is 278 g/mol. The van der Waals surface area contributed by atoms with Crippen LogP contribution in [0.15, 0.2) is 6.33 Å². The number of aromatic nitrogens is 3. The van der Waals surface area contributed by atoms with E-state index in [1.807, 2.05) is 4.68 Å². The van der Waals surface area contributed by atoms with Gasteiger partial charge in [-0.3, -0.25) is 16.0 Å². The summed E-state index contributed by atoms with van der Waals surface area (Å²) < 4.78 is 26.2. The van der Waals surface area contributed by atoms with Crippen molar-refractivity contribution in [2.75, 3.05) is 5.75 Å². The second-order valence-electron chi connectivity index (χ2n) is 5.28. The lowest BCUT2D eigenvalue weighted by molar-refractivity contribution is 0.425. The van der Waals surface area contributed by atoms with Gasteiger partial charge in [0.2, 0.25) is 0 Å². The number of hydrazine groups is 1. The van der Waals surface area contributed by atoms with Crippen LogP contribution in [0.25, 0.3) is 0 Å². The molecule has 7 nitrogen and oxygen atoms in total. The Morgan fingerprint density at radius 1 is 1.55 bits per heavy atom. The highest BCUT2D eigenvalue weighted by Gasteiger charge is 2.35. The Morgan fingerprint density at radius 3 is 3.00 bits per heavy atom. The summed E-state index contributed by atoms with van der Waals surface area (Å²) in [6, 6.07) is -0.305. The molecule has 1 aromatic rings. The first-order valence-electron chi connectivity index (χ1n) is 7.13. The summed E-state index contributed by atoms with van der Waals surface area (Å²) in [6.07, 6.45) is 5.30. The predicted octanol–water partition coefficient (Wildman–Crippen LogP) is 0.0298. The van der Waals surface area contributed by atoms with Crippen LogP contribution in [0.1, 0.15) is 38.4 Å². The predicted molar refractivity (Wildman–Crippen MR) is 76.6 cm³/mol. The van der Waals surface area contributed by atoms with Gasteiger partial charge in [0.1, 0.15) is 12.2 Å². The number of nitrogens with one attached hydrogen (secondary N) is 1. The summed E-state index contributed by atoms with van der Waals surface area (Å²) in [5.74, 6) is 6.64. The maximum Gasteiger partial charge on any atom is 0.154 e. The van der Waals surface area contributed by atoms with Crippen LogP contribution in [-0.2, 0) is 22.8 Å². The van der Waals surface area contributed by atoms with Crippen LogP contribution in [-0.4, -0.2) is 40.2 Å². The van der Waals surface area contributed by atoms with E-state index in [0.29, 0.717) is 12.8 Å². The Bertz CT molecular complexity index is 528. The highest BCUT2D eigenvalue weighted by molar-refractivity contribution is 7.92. The van der Waals surface area contributed by atoms with Gasteiger partial charge in [0, 0.05) is 19.0 Å². The first kappa shape index (κ1) is 15.4. The first-order chi connectivity index (χ1) is 9.58. The maximum absolute atomic E-state index is 12.2. The Kier molecular flexibility index (Phi) is 5.11. The normalized spacial score (nSPS) is 23.6.